The predicted octanol–water partition coefficient (Wildman–Crippen LogP) is 5.54. The highest BCUT2D eigenvalue weighted by Crippen LogP contribution is 2.18. The first-order valence-electron chi connectivity index (χ1n) is 12.5. The molecule has 3 aromatic carbocycles. The fourth-order valence-electron chi connectivity index (χ4n) is 3.82. The molecule has 0 aliphatic heterocycles. The molecule has 0 unspecified atom stereocenters. The monoisotopic (exact) mass is 504 g/mol. The molecular weight excluding hydrogens is 468 g/mol. The summed E-state index contributed by atoms with van der Waals surface area (Å²) in [6, 6.07) is 29.1. The summed E-state index contributed by atoms with van der Waals surface area (Å²) in [5.41, 5.74) is 2.94. The van der Waals surface area contributed by atoms with Gasteiger partial charge in [-0.2, -0.15) is 0 Å². The van der Waals surface area contributed by atoms with Crippen LogP contribution in [0, 0.1) is 0 Å². The van der Waals surface area contributed by atoms with Crippen LogP contribution in [0.15, 0.2) is 103 Å². The second kappa shape index (κ2) is 15.7. The molecule has 6 nitrogen and oxygen atoms in total. The summed E-state index contributed by atoms with van der Waals surface area (Å²) in [7, 11) is 0. The first kappa shape index (κ1) is 28.3. The van der Waals surface area contributed by atoms with Gasteiger partial charge in [-0.25, -0.2) is 0 Å². The van der Waals surface area contributed by atoms with Crippen LogP contribution in [0.3, 0.4) is 0 Å². The number of aliphatic carboxylic acids is 1. The van der Waals surface area contributed by atoms with Crippen molar-refractivity contribution in [1.29, 1.82) is 0 Å². The van der Waals surface area contributed by atoms with Gasteiger partial charge in [-0.05, 0) is 23.6 Å². The molecule has 0 aromatic heterocycles. The molecule has 37 heavy (non-hydrogen) atoms. The largest absolute Gasteiger partial charge is 0.481 e. The highest BCUT2D eigenvalue weighted by Gasteiger charge is 2.25. The van der Waals surface area contributed by atoms with E-state index in [1.807, 2.05) is 97.1 Å². The van der Waals surface area contributed by atoms with Crippen molar-refractivity contribution < 1.29 is 29.2 Å². The lowest BCUT2D eigenvalue weighted by atomic mass is 10.1. The lowest BCUT2D eigenvalue weighted by molar-refractivity contribution is -0.144. The third-order valence-corrected chi connectivity index (χ3v) is 5.73. The van der Waals surface area contributed by atoms with Gasteiger partial charge in [-0.1, -0.05) is 103 Å². The van der Waals surface area contributed by atoms with E-state index in [2.05, 4.69) is 0 Å². The molecule has 6 heteroatoms. The normalized spacial score (nSPS) is 14.8. The van der Waals surface area contributed by atoms with E-state index < -0.39 is 24.3 Å². The van der Waals surface area contributed by atoms with E-state index in [-0.39, 0.29) is 19.1 Å². The van der Waals surface area contributed by atoms with E-state index in [4.69, 9.17) is 14.2 Å². The van der Waals surface area contributed by atoms with Crippen LogP contribution < -0.4 is 0 Å². The molecule has 0 aliphatic carbocycles. The first-order valence-corrected chi connectivity index (χ1v) is 12.5. The summed E-state index contributed by atoms with van der Waals surface area (Å²) in [6.45, 7) is 2.67. The van der Waals surface area contributed by atoms with Gasteiger partial charge < -0.3 is 24.4 Å². The van der Waals surface area contributed by atoms with Crippen LogP contribution in [0.4, 0.5) is 0 Å². The second-order valence-corrected chi connectivity index (χ2v) is 9.00. The molecule has 2 N–H and O–H groups in total. The van der Waals surface area contributed by atoms with Crippen LogP contribution in [0.1, 0.15) is 36.5 Å². The van der Waals surface area contributed by atoms with Crippen molar-refractivity contribution in [3.05, 3.63) is 120 Å². The maximum absolute atomic E-state index is 11.7. The molecule has 0 heterocycles. The van der Waals surface area contributed by atoms with Gasteiger partial charge in [0, 0.05) is 6.42 Å². The molecule has 0 aliphatic rings. The van der Waals surface area contributed by atoms with Gasteiger partial charge in [-0.3, -0.25) is 4.79 Å². The zero-order chi connectivity index (χ0) is 26.3. The molecular formula is C31H36O6. The van der Waals surface area contributed by atoms with E-state index in [9.17, 15) is 15.0 Å². The van der Waals surface area contributed by atoms with Crippen molar-refractivity contribution in [2.24, 2.45) is 0 Å². The second-order valence-electron chi connectivity index (χ2n) is 9.00. The van der Waals surface area contributed by atoms with Crippen LogP contribution in [-0.4, -0.2) is 40.6 Å². The smallest absolute Gasteiger partial charge is 0.306 e. The zero-order valence-corrected chi connectivity index (χ0v) is 21.2. The Labute approximate surface area is 219 Å². The number of carboxylic acid groups (broad SMARTS) is 1. The van der Waals surface area contributed by atoms with E-state index in [1.165, 1.54) is 0 Å². The number of aliphatic hydroxyl groups is 1. The van der Waals surface area contributed by atoms with Gasteiger partial charge in [0.15, 0.2) is 0 Å². The number of aliphatic hydroxyl groups excluding tert-OH is 1. The molecule has 0 radical (unpaired) electrons. The van der Waals surface area contributed by atoms with E-state index in [1.54, 1.807) is 13.0 Å². The Morgan fingerprint density at radius 2 is 1.19 bits per heavy atom. The van der Waals surface area contributed by atoms with Crippen molar-refractivity contribution in [1.82, 2.24) is 0 Å². The summed E-state index contributed by atoms with van der Waals surface area (Å²) in [5, 5.41) is 19.6. The fraction of sp³-hybridized carbons (Fsp3) is 0.323. The quantitative estimate of drug-likeness (QED) is 0.249. The average Bonchev–Trinajstić information content (AvgIpc) is 2.91. The molecule has 0 spiro atoms. The van der Waals surface area contributed by atoms with E-state index in [0.717, 1.165) is 16.7 Å². The fourth-order valence-corrected chi connectivity index (χ4v) is 3.82. The average molecular weight is 505 g/mol. The number of carbonyl (C=O) groups is 1. The third kappa shape index (κ3) is 11.1. The standard InChI is InChI=1S/C31H36O6/c1-24(32)19-28(35-21-25-11-5-2-6-12-25)17-18-29(36-22-26-13-7-3-8-14-26)30(20-31(33)34)37-23-27-15-9-4-10-16-27/h2-18,24,28-30,32H,19-23H2,1H3,(H,33,34)/t24-,28-,29+,30+/m1/s1. The van der Waals surface area contributed by atoms with Crippen LogP contribution in [0.5, 0.6) is 0 Å². The van der Waals surface area contributed by atoms with Gasteiger partial charge >= 0.3 is 5.97 Å². The molecule has 0 bridgehead atoms. The molecule has 3 aromatic rings. The van der Waals surface area contributed by atoms with Crippen molar-refractivity contribution >= 4 is 5.97 Å². The van der Waals surface area contributed by atoms with Crippen molar-refractivity contribution in [3.63, 3.8) is 0 Å². The minimum atomic E-state index is -0.972. The minimum absolute atomic E-state index is 0.220. The molecule has 4 atom stereocenters. The molecule has 3 rings (SSSR count). The summed E-state index contributed by atoms with van der Waals surface area (Å²) >= 11 is 0. The lowest BCUT2D eigenvalue weighted by Crippen LogP contribution is -2.33. The number of ether oxygens (including phenoxy) is 3. The zero-order valence-electron chi connectivity index (χ0n) is 21.2. The van der Waals surface area contributed by atoms with Crippen LogP contribution in [0.25, 0.3) is 0 Å². The molecule has 0 saturated carbocycles. The van der Waals surface area contributed by atoms with Gasteiger partial charge in [0.05, 0.1) is 44.6 Å². The third-order valence-electron chi connectivity index (χ3n) is 5.73. The molecule has 0 saturated heterocycles. The van der Waals surface area contributed by atoms with E-state index >= 15 is 0 Å². The first-order chi connectivity index (χ1) is 18.0. The number of rotatable bonds is 16. The summed E-state index contributed by atoms with van der Waals surface area (Å²) in [6.07, 6.45) is 1.49. The molecule has 196 valence electrons. The van der Waals surface area contributed by atoms with E-state index in [0.29, 0.717) is 19.6 Å². The minimum Gasteiger partial charge on any atom is -0.481 e. The van der Waals surface area contributed by atoms with Crippen molar-refractivity contribution in [3.8, 4) is 0 Å². The Morgan fingerprint density at radius 3 is 1.65 bits per heavy atom. The SMILES string of the molecule is C[C@@H](O)C[C@@H](C=C[C@H](OCc1ccccc1)[C@H](CC(=O)O)OCc1ccccc1)OCc1ccccc1. The number of benzene rings is 3. The Morgan fingerprint density at radius 1 is 0.730 bits per heavy atom. The molecule has 0 fully saturated rings. The topological polar surface area (TPSA) is 85.2 Å². The van der Waals surface area contributed by atoms with Crippen molar-refractivity contribution in [2.45, 2.75) is 64.0 Å². The van der Waals surface area contributed by atoms with Gasteiger partial charge in [-0.15, -0.1) is 0 Å². The van der Waals surface area contributed by atoms with Crippen LogP contribution in [-0.2, 0) is 38.8 Å². The Bertz CT molecular complexity index is 1050. The lowest BCUT2D eigenvalue weighted by Gasteiger charge is -2.25. The van der Waals surface area contributed by atoms with Gasteiger partial charge in [0.2, 0.25) is 0 Å². The maximum atomic E-state index is 11.7. The van der Waals surface area contributed by atoms with Crippen molar-refractivity contribution in [2.75, 3.05) is 0 Å². The Balaban J connectivity index is 1.77. The summed E-state index contributed by atoms with van der Waals surface area (Å²) < 4.78 is 18.4. The maximum Gasteiger partial charge on any atom is 0.306 e. The molecule has 0 amide bonds. The van der Waals surface area contributed by atoms with Gasteiger partial charge in [0.1, 0.15) is 6.10 Å². The predicted molar refractivity (Wildman–Crippen MR) is 143 cm³/mol. The summed E-state index contributed by atoms with van der Waals surface area (Å²) in [4.78, 5) is 11.7. The number of hydrogen-bond donors (Lipinski definition) is 2. The number of carboxylic acids is 1. The van der Waals surface area contributed by atoms with Crippen LogP contribution >= 0.6 is 0 Å². The highest BCUT2D eigenvalue weighted by molar-refractivity contribution is 5.67. The number of hydrogen-bond acceptors (Lipinski definition) is 5. The Hall–Kier alpha value is -3.29. The highest BCUT2D eigenvalue weighted by atomic mass is 16.5. The summed E-state index contributed by atoms with van der Waals surface area (Å²) in [5.74, 6) is -0.972. The van der Waals surface area contributed by atoms with Gasteiger partial charge in [0.25, 0.3) is 0 Å². The Kier molecular flexibility index (Phi) is 12.0. The van der Waals surface area contributed by atoms with Crippen LogP contribution in [0.2, 0.25) is 0 Å².